The van der Waals surface area contributed by atoms with Crippen molar-refractivity contribution >= 4 is 26.8 Å². The van der Waals surface area contributed by atoms with Crippen LogP contribution in [0.15, 0.2) is 27.5 Å². The molecule has 1 aromatic carbocycles. The molecule has 0 saturated heterocycles. The Bertz CT molecular complexity index is 699. The van der Waals surface area contributed by atoms with Crippen LogP contribution in [0.1, 0.15) is 31.0 Å². The SMILES string of the molecule is O=c1[nH]c([C@@H]2CCC(F)(F)C2)nc2ccc(Br)cc12. The molecule has 3 nitrogen and oxygen atoms in total. The van der Waals surface area contributed by atoms with Crippen LogP contribution in [0.3, 0.4) is 0 Å². The van der Waals surface area contributed by atoms with Gasteiger partial charge in [0, 0.05) is 23.2 Å². The summed E-state index contributed by atoms with van der Waals surface area (Å²) in [6.45, 7) is 0. The minimum atomic E-state index is -2.64. The number of fused-ring (bicyclic) bond motifs is 1. The minimum absolute atomic E-state index is 0.139. The van der Waals surface area contributed by atoms with Crippen molar-refractivity contribution in [3.05, 3.63) is 38.9 Å². The molecular formula is C13H11BrF2N2O. The molecule has 0 aliphatic heterocycles. The summed E-state index contributed by atoms with van der Waals surface area (Å²) in [5.41, 5.74) is 0.258. The van der Waals surface area contributed by atoms with Gasteiger partial charge in [-0.05, 0) is 24.6 Å². The van der Waals surface area contributed by atoms with Crippen LogP contribution in [-0.4, -0.2) is 15.9 Å². The number of H-pyrrole nitrogens is 1. The highest BCUT2D eigenvalue weighted by molar-refractivity contribution is 9.10. The molecule has 1 aromatic heterocycles. The van der Waals surface area contributed by atoms with Crippen LogP contribution >= 0.6 is 15.9 Å². The first kappa shape index (κ1) is 12.7. The molecule has 1 heterocycles. The minimum Gasteiger partial charge on any atom is -0.310 e. The van der Waals surface area contributed by atoms with Crippen LogP contribution in [0, 0.1) is 0 Å². The Morgan fingerprint density at radius 2 is 2.21 bits per heavy atom. The van der Waals surface area contributed by atoms with E-state index in [4.69, 9.17) is 0 Å². The van der Waals surface area contributed by atoms with Crippen molar-refractivity contribution in [1.29, 1.82) is 0 Å². The molecular weight excluding hydrogens is 318 g/mol. The van der Waals surface area contributed by atoms with Crippen LogP contribution in [0.2, 0.25) is 0 Å². The first-order valence-electron chi connectivity index (χ1n) is 6.02. The molecule has 0 amide bonds. The lowest BCUT2D eigenvalue weighted by atomic mass is 10.1. The Morgan fingerprint density at radius 1 is 1.42 bits per heavy atom. The van der Waals surface area contributed by atoms with Gasteiger partial charge in [0.1, 0.15) is 5.82 Å². The summed E-state index contributed by atoms with van der Waals surface area (Å²) in [7, 11) is 0. The van der Waals surface area contributed by atoms with E-state index in [0.717, 1.165) is 4.47 Å². The van der Waals surface area contributed by atoms with Gasteiger partial charge in [0.25, 0.3) is 5.56 Å². The number of hydrogen-bond donors (Lipinski definition) is 1. The van der Waals surface area contributed by atoms with Crippen molar-refractivity contribution in [2.45, 2.75) is 31.1 Å². The Morgan fingerprint density at radius 3 is 2.89 bits per heavy atom. The van der Waals surface area contributed by atoms with Gasteiger partial charge in [-0.1, -0.05) is 15.9 Å². The number of aromatic amines is 1. The Kier molecular flexibility index (Phi) is 2.92. The van der Waals surface area contributed by atoms with Gasteiger partial charge in [-0.2, -0.15) is 0 Å². The van der Waals surface area contributed by atoms with E-state index in [2.05, 4.69) is 25.9 Å². The van der Waals surface area contributed by atoms with Gasteiger partial charge in [-0.3, -0.25) is 4.79 Å². The number of aromatic nitrogens is 2. The third kappa shape index (κ3) is 2.41. The van der Waals surface area contributed by atoms with Crippen molar-refractivity contribution in [1.82, 2.24) is 9.97 Å². The fourth-order valence-corrected chi connectivity index (χ4v) is 2.87. The first-order chi connectivity index (χ1) is 8.94. The standard InChI is InChI=1S/C13H11BrF2N2O/c14-8-1-2-10-9(5-8)12(19)18-11(17-10)7-3-4-13(15,16)6-7/h1-2,5,7H,3-4,6H2,(H,17,18,19)/t7-/m1/s1. The van der Waals surface area contributed by atoms with E-state index >= 15 is 0 Å². The summed E-state index contributed by atoms with van der Waals surface area (Å²) in [6, 6.07) is 5.17. The smallest absolute Gasteiger partial charge is 0.258 e. The van der Waals surface area contributed by atoms with E-state index in [9.17, 15) is 13.6 Å². The first-order valence-corrected chi connectivity index (χ1v) is 6.81. The van der Waals surface area contributed by atoms with Gasteiger partial charge in [0.15, 0.2) is 0 Å². The molecule has 1 fully saturated rings. The molecule has 1 saturated carbocycles. The molecule has 100 valence electrons. The molecule has 3 rings (SSSR count). The molecule has 1 N–H and O–H groups in total. The van der Waals surface area contributed by atoms with Crippen LogP contribution in [0.25, 0.3) is 10.9 Å². The maximum absolute atomic E-state index is 13.2. The fourth-order valence-electron chi connectivity index (χ4n) is 2.51. The van der Waals surface area contributed by atoms with E-state index in [1.807, 2.05) is 0 Å². The predicted molar refractivity (Wildman–Crippen MR) is 71.6 cm³/mol. The van der Waals surface area contributed by atoms with Crippen molar-refractivity contribution in [3.8, 4) is 0 Å². The van der Waals surface area contributed by atoms with Gasteiger partial charge in [0.05, 0.1) is 10.9 Å². The molecule has 1 atom stereocenters. The molecule has 1 aliphatic carbocycles. The van der Waals surface area contributed by atoms with Gasteiger partial charge in [-0.15, -0.1) is 0 Å². The Balaban J connectivity index is 2.07. The van der Waals surface area contributed by atoms with Crippen molar-refractivity contribution in [2.75, 3.05) is 0 Å². The second-order valence-electron chi connectivity index (χ2n) is 4.91. The summed E-state index contributed by atoms with van der Waals surface area (Å²) < 4.78 is 27.2. The molecule has 0 spiro atoms. The zero-order valence-corrected chi connectivity index (χ0v) is 11.5. The quantitative estimate of drug-likeness (QED) is 0.869. The highest BCUT2D eigenvalue weighted by atomic mass is 79.9. The number of nitrogens with one attached hydrogen (secondary N) is 1. The topological polar surface area (TPSA) is 45.8 Å². The van der Waals surface area contributed by atoms with E-state index < -0.39 is 5.92 Å². The molecule has 6 heteroatoms. The van der Waals surface area contributed by atoms with E-state index in [1.54, 1.807) is 18.2 Å². The molecule has 0 radical (unpaired) electrons. The summed E-state index contributed by atoms with van der Waals surface area (Å²) in [6.07, 6.45) is -0.0182. The lowest BCUT2D eigenvalue weighted by molar-refractivity contribution is 0.00754. The Hall–Kier alpha value is -1.30. The number of rotatable bonds is 1. The lowest BCUT2D eigenvalue weighted by Crippen LogP contribution is -2.15. The summed E-state index contributed by atoms with van der Waals surface area (Å²) in [5.74, 6) is -2.63. The normalized spacial score (nSPS) is 21.9. The average Bonchev–Trinajstić information content (AvgIpc) is 2.70. The number of nitrogens with zero attached hydrogens (tertiary/aromatic N) is 1. The van der Waals surface area contributed by atoms with Gasteiger partial charge < -0.3 is 4.98 Å². The van der Waals surface area contributed by atoms with Crippen molar-refractivity contribution < 1.29 is 8.78 Å². The Labute approximate surface area is 116 Å². The zero-order valence-electron chi connectivity index (χ0n) is 9.92. The fraction of sp³-hybridized carbons (Fsp3) is 0.385. The second kappa shape index (κ2) is 4.37. The maximum atomic E-state index is 13.2. The molecule has 1 aliphatic rings. The monoisotopic (exact) mass is 328 g/mol. The third-order valence-electron chi connectivity index (χ3n) is 3.48. The van der Waals surface area contributed by atoms with Gasteiger partial charge in [-0.25, -0.2) is 13.8 Å². The van der Waals surface area contributed by atoms with Gasteiger partial charge in [0.2, 0.25) is 5.92 Å². The molecule has 2 aromatic rings. The second-order valence-corrected chi connectivity index (χ2v) is 5.82. The molecule has 0 unspecified atom stereocenters. The largest absolute Gasteiger partial charge is 0.310 e. The highest BCUT2D eigenvalue weighted by Gasteiger charge is 2.41. The van der Waals surface area contributed by atoms with E-state index in [1.165, 1.54) is 0 Å². The zero-order chi connectivity index (χ0) is 13.6. The number of halogens is 3. The van der Waals surface area contributed by atoms with Crippen molar-refractivity contribution in [3.63, 3.8) is 0 Å². The van der Waals surface area contributed by atoms with Crippen LogP contribution in [0.4, 0.5) is 8.78 Å². The van der Waals surface area contributed by atoms with Crippen LogP contribution < -0.4 is 5.56 Å². The summed E-state index contributed by atoms with van der Waals surface area (Å²) in [5, 5.41) is 0.461. The predicted octanol–water partition coefficient (Wildman–Crippen LogP) is 3.59. The molecule has 0 bridgehead atoms. The van der Waals surface area contributed by atoms with Crippen LogP contribution in [0.5, 0.6) is 0 Å². The highest BCUT2D eigenvalue weighted by Crippen LogP contribution is 2.43. The summed E-state index contributed by atoms with van der Waals surface area (Å²) >= 11 is 3.29. The lowest BCUT2D eigenvalue weighted by Gasteiger charge is -2.10. The number of alkyl halides is 2. The van der Waals surface area contributed by atoms with Gasteiger partial charge >= 0.3 is 0 Å². The number of benzene rings is 1. The summed E-state index contributed by atoms with van der Waals surface area (Å²) in [4.78, 5) is 18.9. The number of hydrogen-bond acceptors (Lipinski definition) is 2. The van der Waals surface area contributed by atoms with E-state index in [0.29, 0.717) is 23.1 Å². The van der Waals surface area contributed by atoms with Crippen molar-refractivity contribution in [2.24, 2.45) is 0 Å². The average molecular weight is 329 g/mol. The third-order valence-corrected chi connectivity index (χ3v) is 3.97. The van der Waals surface area contributed by atoms with Crippen LogP contribution in [-0.2, 0) is 0 Å². The maximum Gasteiger partial charge on any atom is 0.258 e. The van der Waals surface area contributed by atoms with E-state index in [-0.39, 0.29) is 24.3 Å². The molecule has 19 heavy (non-hydrogen) atoms.